The molecule has 0 saturated carbocycles. The van der Waals surface area contributed by atoms with E-state index in [-0.39, 0.29) is 0 Å². The van der Waals surface area contributed by atoms with Crippen LogP contribution in [0.2, 0.25) is 8.87 Å². The number of hydrogen-bond donors (Lipinski definition) is 0. The number of benzene rings is 2. The molecule has 2 rings (SSSR count). The van der Waals surface area contributed by atoms with Crippen LogP contribution in [0, 0.1) is 0 Å². The van der Waals surface area contributed by atoms with Gasteiger partial charge in [-0.1, -0.05) is 0 Å². The van der Waals surface area contributed by atoms with E-state index in [1.165, 1.54) is 12.2 Å². The van der Waals surface area contributed by atoms with E-state index in [0.717, 1.165) is 36.8 Å². The Morgan fingerprint density at radius 3 is 1.45 bits per heavy atom. The van der Waals surface area contributed by atoms with Crippen LogP contribution < -0.4 is 0 Å². The normalized spacial score (nSPS) is 11.7. The second-order valence-electron chi connectivity index (χ2n) is 7.45. The van der Waals surface area contributed by atoms with Crippen LogP contribution in [0.15, 0.2) is 72.8 Å². The van der Waals surface area contributed by atoms with Crippen molar-refractivity contribution in [3.05, 3.63) is 83.9 Å². The molecule has 2 aromatic carbocycles. The van der Waals surface area contributed by atoms with E-state index in [0.29, 0.717) is 8.87 Å². The SMILES string of the molecule is CCC[CH2][Sn]([CH2]CCC)([O]C(=O)/C=C\c1ccccc1)[O]C(=O)/C=C\c1ccccc1. The van der Waals surface area contributed by atoms with Gasteiger partial charge in [0.2, 0.25) is 0 Å². The Morgan fingerprint density at radius 2 is 1.10 bits per heavy atom. The maximum atomic E-state index is 12.7. The Kier molecular flexibility index (Phi) is 11.1. The van der Waals surface area contributed by atoms with E-state index in [1.807, 2.05) is 60.7 Å². The molecule has 0 spiro atoms. The number of carbonyl (C=O) groups excluding carboxylic acids is 2. The molecule has 0 aliphatic carbocycles. The summed E-state index contributed by atoms with van der Waals surface area (Å²) < 4.78 is 13.4. The van der Waals surface area contributed by atoms with Crippen LogP contribution in [0.25, 0.3) is 12.2 Å². The summed E-state index contributed by atoms with van der Waals surface area (Å²) in [6, 6.07) is 19.2. The van der Waals surface area contributed by atoms with Crippen molar-refractivity contribution in [2.24, 2.45) is 0 Å². The first-order chi connectivity index (χ1) is 15.1. The molecule has 0 N–H and O–H groups in total. The summed E-state index contributed by atoms with van der Waals surface area (Å²) in [5, 5.41) is 0. The Balaban J connectivity index is 2.15. The van der Waals surface area contributed by atoms with E-state index in [1.54, 1.807) is 12.2 Å². The Bertz CT molecular complexity index is 786. The standard InChI is InChI=1S/2C9H8O2.2C4H9.Sn/c2*10-9(11)7-6-8-4-2-1-3-5-8;2*1-3-4-2;/h2*1-7H,(H,10,11);2*1,3-4H2,2H3;/q;;;;+2/p-2/b2*7-6-;;;. The molecule has 0 bridgehead atoms. The molecule has 0 amide bonds. The molecule has 164 valence electrons. The van der Waals surface area contributed by atoms with E-state index in [9.17, 15) is 9.59 Å². The number of rotatable bonds is 12. The van der Waals surface area contributed by atoms with Gasteiger partial charge in [0.15, 0.2) is 0 Å². The maximum absolute atomic E-state index is 12.7. The summed E-state index contributed by atoms with van der Waals surface area (Å²) in [6.45, 7) is 4.18. The molecule has 0 aliphatic rings. The molecule has 0 radical (unpaired) electrons. The fraction of sp³-hybridized carbons (Fsp3) is 0.308. The summed E-state index contributed by atoms with van der Waals surface area (Å²) in [5.41, 5.74) is 1.84. The molecule has 0 aliphatic heterocycles. The zero-order chi connectivity index (χ0) is 22.4. The minimum absolute atomic E-state index is 0.424. The van der Waals surface area contributed by atoms with Crippen molar-refractivity contribution in [1.82, 2.24) is 0 Å². The van der Waals surface area contributed by atoms with Crippen molar-refractivity contribution in [1.29, 1.82) is 0 Å². The van der Waals surface area contributed by atoms with E-state index < -0.39 is 31.1 Å². The number of unbranched alkanes of at least 4 members (excludes halogenated alkanes) is 2. The second-order valence-corrected chi connectivity index (χ2v) is 16.7. The van der Waals surface area contributed by atoms with E-state index in [4.69, 9.17) is 6.15 Å². The Hall–Kier alpha value is -2.34. The molecule has 0 unspecified atom stereocenters. The van der Waals surface area contributed by atoms with E-state index >= 15 is 0 Å². The van der Waals surface area contributed by atoms with Gasteiger partial charge in [0.25, 0.3) is 0 Å². The third-order valence-electron chi connectivity index (χ3n) is 4.82. The molecule has 0 aromatic heterocycles. The molecule has 4 nitrogen and oxygen atoms in total. The van der Waals surface area contributed by atoms with Crippen LogP contribution in [0.5, 0.6) is 0 Å². The van der Waals surface area contributed by atoms with Gasteiger partial charge in [-0.3, -0.25) is 0 Å². The van der Waals surface area contributed by atoms with Gasteiger partial charge >= 0.3 is 191 Å². The minimum atomic E-state index is -3.95. The van der Waals surface area contributed by atoms with Gasteiger partial charge in [-0.15, -0.1) is 0 Å². The summed E-state index contributed by atoms with van der Waals surface area (Å²) >= 11 is -3.95. The summed E-state index contributed by atoms with van der Waals surface area (Å²) in [6.07, 6.45) is 10.0. The van der Waals surface area contributed by atoms with Crippen LogP contribution in [0.1, 0.15) is 50.7 Å². The van der Waals surface area contributed by atoms with E-state index in [2.05, 4.69) is 13.8 Å². The Labute approximate surface area is 190 Å². The summed E-state index contributed by atoms with van der Waals surface area (Å²) in [4.78, 5) is 25.3. The van der Waals surface area contributed by atoms with Gasteiger partial charge in [0, 0.05) is 0 Å². The van der Waals surface area contributed by atoms with Crippen molar-refractivity contribution in [3.8, 4) is 0 Å². The first kappa shape index (κ1) is 24.9. The molecular formula is C26H32O4Sn. The fourth-order valence-electron chi connectivity index (χ4n) is 3.13. The summed E-state index contributed by atoms with van der Waals surface area (Å²) in [7, 11) is 0. The third kappa shape index (κ3) is 9.55. The molecule has 0 fully saturated rings. The molecule has 0 atom stereocenters. The topological polar surface area (TPSA) is 52.6 Å². The van der Waals surface area contributed by atoms with Gasteiger partial charge < -0.3 is 0 Å². The van der Waals surface area contributed by atoms with Crippen LogP contribution >= 0.6 is 0 Å². The van der Waals surface area contributed by atoms with Crippen molar-refractivity contribution < 1.29 is 15.7 Å². The first-order valence-corrected chi connectivity index (χ1v) is 17.4. The monoisotopic (exact) mass is 528 g/mol. The Morgan fingerprint density at radius 1 is 0.710 bits per heavy atom. The third-order valence-corrected chi connectivity index (χ3v) is 14.5. The van der Waals surface area contributed by atoms with Gasteiger partial charge in [0.05, 0.1) is 0 Å². The average molecular weight is 527 g/mol. The average Bonchev–Trinajstić information content (AvgIpc) is 2.80. The molecule has 31 heavy (non-hydrogen) atoms. The van der Waals surface area contributed by atoms with Gasteiger partial charge in [-0.25, -0.2) is 0 Å². The van der Waals surface area contributed by atoms with Crippen molar-refractivity contribution in [3.63, 3.8) is 0 Å². The van der Waals surface area contributed by atoms with Crippen LogP contribution in [-0.2, 0) is 15.7 Å². The fourth-order valence-corrected chi connectivity index (χ4v) is 12.7. The number of carbonyl (C=O) groups is 2. The van der Waals surface area contributed by atoms with Gasteiger partial charge in [-0.2, -0.15) is 0 Å². The van der Waals surface area contributed by atoms with Crippen molar-refractivity contribution in [2.45, 2.75) is 48.4 Å². The van der Waals surface area contributed by atoms with Crippen molar-refractivity contribution >= 4 is 43.3 Å². The molecule has 0 heterocycles. The summed E-state index contributed by atoms with van der Waals surface area (Å²) in [5.74, 6) is -0.849. The van der Waals surface area contributed by atoms with Gasteiger partial charge in [-0.05, 0) is 0 Å². The predicted molar refractivity (Wildman–Crippen MR) is 128 cm³/mol. The molecule has 5 heteroatoms. The van der Waals surface area contributed by atoms with Crippen LogP contribution in [-0.4, -0.2) is 31.1 Å². The predicted octanol–water partition coefficient (Wildman–Crippen LogP) is 6.54. The molecule has 2 aromatic rings. The number of hydrogen-bond acceptors (Lipinski definition) is 4. The van der Waals surface area contributed by atoms with Crippen molar-refractivity contribution in [2.75, 3.05) is 0 Å². The molecular weight excluding hydrogens is 495 g/mol. The van der Waals surface area contributed by atoms with Crippen LogP contribution in [0.4, 0.5) is 0 Å². The first-order valence-electron chi connectivity index (χ1n) is 11.0. The zero-order valence-electron chi connectivity index (χ0n) is 18.5. The van der Waals surface area contributed by atoms with Gasteiger partial charge in [0.1, 0.15) is 0 Å². The second kappa shape index (κ2) is 13.9. The molecule has 0 saturated heterocycles. The quantitative estimate of drug-likeness (QED) is 0.232. The zero-order valence-corrected chi connectivity index (χ0v) is 21.3. The van der Waals surface area contributed by atoms with Crippen LogP contribution in [0.3, 0.4) is 0 Å².